The Kier molecular flexibility index (Phi) is 5.20. The molecule has 5 nitrogen and oxygen atoms in total. The molecule has 3 aromatic rings. The van der Waals surface area contributed by atoms with Gasteiger partial charge in [-0.2, -0.15) is 0 Å². The Balaban J connectivity index is 2.67. The monoisotopic (exact) mass is 404 g/mol. The molecule has 0 spiro atoms. The lowest BCUT2D eigenvalue weighted by molar-refractivity contribution is 0.413. The fourth-order valence-electron chi connectivity index (χ4n) is 3.33. The molecule has 0 radical (unpaired) electrons. The molecule has 0 fully saturated rings. The maximum Gasteiger partial charge on any atom is 0.384 e. The molecule has 28 heavy (non-hydrogen) atoms. The lowest BCUT2D eigenvalue weighted by Crippen LogP contribution is -2.12. The standard InChI is InChI=1S/C22H29O5P/c1-21(2,3)17-11-13(24-7)9-15-16-10-14(25-8)12-18(22(4,5)6)20(16)27-28(23)26-19(15)17/h9-12,23H,1-8H3. The van der Waals surface area contributed by atoms with Gasteiger partial charge in [-0.05, 0) is 35.1 Å². The number of hydrogen-bond donors (Lipinski definition) is 1. The minimum Gasteiger partial charge on any atom is -0.497 e. The third-order valence-corrected chi connectivity index (χ3v) is 5.52. The molecule has 6 heteroatoms. The SMILES string of the molecule is COc1cc(C(C)(C)C)c2op(O)oc3c(C(C)(C)C)cc(OC)cc3c2c1. The largest absolute Gasteiger partial charge is 0.497 e. The second kappa shape index (κ2) is 7.06. The molecule has 0 amide bonds. The van der Waals surface area contributed by atoms with Crippen molar-refractivity contribution in [1.82, 2.24) is 0 Å². The Morgan fingerprint density at radius 1 is 0.714 bits per heavy atom. The van der Waals surface area contributed by atoms with Crippen LogP contribution >= 0.6 is 8.24 Å². The third-order valence-electron chi connectivity index (χ3n) is 4.84. The summed E-state index contributed by atoms with van der Waals surface area (Å²) in [5.41, 5.74) is 2.69. The molecule has 0 unspecified atom stereocenters. The molecule has 0 aliphatic carbocycles. The van der Waals surface area contributed by atoms with E-state index in [4.69, 9.17) is 17.9 Å². The lowest BCUT2D eigenvalue weighted by atomic mass is 9.84. The van der Waals surface area contributed by atoms with Gasteiger partial charge in [0.05, 0.1) is 14.2 Å². The average molecular weight is 404 g/mol. The van der Waals surface area contributed by atoms with Crippen molar-refractivity contribution < 1.29 is 22.8 Å². The molecule has 0 saturated carbocycles. The zero-order valence-corrected chi connectivity index (χ0v) is 18.7. The van der Waals surface area contributed by atoms with Crippen molar-refractivity contribution in [2.45, 2.75) is 52.4 Å². The van der Waals surface area contributed by atoms with Crippen LogP contribution in [0.5, 0.6) is 11.5 Å². The maximum atomic E-state index is 10.6. The van der Waals surface area contributed by atoms with Gasteiger partial charge in [0.25, 0.3) is 0 Å². The molecule has 0 saturated heterocycles. The highest BCUT2D eigenvalue weighted by atomic mass is 31.1. The Bertz CT molecular complexity index is 984. The number of rotatable bonds is 2. The predicted molar refractivity (Wildman–Crippen MR) is 114 cm³/mol. The van der Waals surface area contributed by atoms with Crippen molar-refractivity contribution in [3.05, 3.63) is 35.4 Å². The average Bonchev–Trinajstić information content (AvgIpc) is 2.73. The van der Waals surface area contributed by atoms with Gasteiger partial charge in [-0.3, -0.25) is 4.89 Å². The molecule has 0 aliphatic rings. The molecule has 3 rings (SSSR count). The highest BCUT2D eigenvalue weighted by Gasteiger charge is 2.25. The second-order valence-electron chi connectivity index (χ2n) is 9.02. The van der Waals surface area contributed by atoms with Crippen LogP contribution in [0.25, 0.3) is 21.9 Å². The molecule has 1 aromatic heterocycles. The first-order valence-electron chi connectivity index (χ1n) is 9.26. The van der Waals surface area contributed by atoms with E-state index in [9.17, 15) is 4.89 Å². The van der Waals surface area contributed by atoms with E-state index in [1.165, 1.54) is 0 Å². The summed E-state index contributed by atoms with van der Waals surface area (Å²) in [5.74, 6) is 1.45. The van der Waals surface area contributed by atoms with E-state index in [1.54, 1.807) is 14.2 Å². The number of benzene rings is 2. The quantitative estimate of drug-likeness (QED) is 0.517. The minimum atomic E-state index is -2.13. The smallest absolute Gasteiger partial charge is 0.384 e. The van der Waals surface area contributed by atoms with Gasteiger partial charge in [-0.25, -0.2) is 0 Å². The number of methoxy groups -OCH3 is 2. The van der Waals surface area contributed by atoms with Gasteiger partial charge in [0.15, 0.2) is 0 Å². The Morgan fingerprint density at radius 2 is 1.07 bits per heavy atom. The van der Waals surface area contributed by atoms with E-state index in [0.717, 1.165) is 33.4 Å². The normalized spacial score (nSPS) is 12.5. The number of hydrogen-bond acceptors (Lipinski definition) is 5. The van der Waals surface area contributed by atoms with E-state index in [1.807, 2.05) is 24.3 Å². The Hall–Kier alpha value is -2.10. The fraction of sp³-hybridized carbons (Fsp3) is 0.455. The molecule has 1 heterocycles. The van der Waals surface area contributed by atoms with Crippen LogP contribution in [0.1, 0.15) is 52.7 Å². The van der Waals surface area contributed by atoms with Crippen molar-refractivity contribution in [3.8, 4) is 11.5 Å². The molecule has 0 bridgehead atoms. The molecule has 1 N–H and O–H groups in total. The number of fused-ring (bicyclic) bond motifs is 3. The van der Waals surface area contributed by atoms with Crippen molar-refractivity contribution in [1.29, 1.82) is 0 Å². The topological polar surface area (TPSA) is 65.0 Å². The zero-order chi connectivity index (χ0) is 20.9. The third kappa shape index (κ3) is 3.74. The molecule has 0 aliphatic heterocycles. The fourth-order valence-corrected chi connectivity index (χ4v) is 4.07. The van der Waals surface area contributed by atoms with E-state index in [2.05, 4.69) is 41.5 Å². The van der Waals surface area contributed by atoms with E-state index >= 15 is 0 Å². The first-order valence-corrected chi connectivity index (χ1v) is 10.4. The summed E-state index contributed by atoms with van der Waals surface area (Å²) < 4.78 is 23.0. The first-order chi connectivity index (χ1) is 13.0. The van der Waals surface area contributed by atoms with Crippen LogP contribution in [0.2, 0.25) is 0 Å². The van der Waals surface area contributed by atoms with Crippen molar-refractivity contribution in [2.24, 2.45) is 0 Å². The van der Waals surface area contributed by atoms with Crippen molar-refractivity contribution in [2.75, 3.05) is 14.2 Å². The second-order valence-corrected chi connectivity index (χ2v) is 9.86. The summed E-state index contributed by atoms with van der Waals surface area (Å²) in [6.45, 7) is 12.6. The van der Waals surface area contributed by atoms with E-state index in [-0.39, 0.29) is 10.8 Å². The van der Waals surface area contributed by atoms with Gasteiger partial charge in [0, 0.05) is 21.9 Å². The zero-order valence-electron chi connectivity index (χ0n) is 17.8. The summed E-state index contributed by atoms with van der Waals surface area (Å²) >= 11 is 0. The maximum absolute atomic E-state index is 10.6. The van der Waals surface area contributed by atoms with Gasteiger partial charge < -0.3 is 17.9 Å². The molecule has 2 aromatic carbocycles. The summed E-state index contributed by atoms with van der Waals surface area (Å²) in [6, 6.07) is 7.76. The van der Waals surface area contributed by atoms with Crippen molar-refractivity contribution in [3.63, 3.8) is 0 Å². The predicted octanol–water partition coefficient (Wildman–Crippen LogP) is 6.66. The summed E-state index contributed by atoms with van der Waals surface area (Å²) in [5, 5.41) is 1.64. The van der Waals surface area contributed by atoms with Gasteiger partial charge in [-0.15, -0.1) is 0 Å². The Labute approximate surface area is 166 Å². The first kappa shape index (κ1) is 20.6. The van der Waals surface area contributed by atoms with E-state index in [0.29, 0.717) is 11.2 Å². The Morgan fingerprint density at radius 3 is 1.36 bits per heavy atom. The van der Waals surface area contributed by atoms with E-state index < -0.39 is 8.24 Å². The van der Waals surface area contributed by atoms with Crippen LogP contribution in [0.4, 0.5) is 0 Å². The molecule has 152 valence electrons. The van der Waals surface area contributed by atoms with Gasteiger partial charge >= 0.3 is 8.24 Å². The molecule has 0 atom stereocenters. The van der Waals surface area contributed by atoms with Crippen LogP contribution in [-0.4, -0.2) is 19.1 Å². The number of ether oxygens (including phenoxy) is 2. The minimum absolute atomic E-state index is 0.217. The molecular weight excluding hydrogens is 375 g/mol. The van der Waals surface area contributed by atoms with Gasteiger partial charge in [0.1, 0.15) is 22.7 Å². The van der Waals surface area contributed by atoms with Crippen LogP contribution in [0.3, 0.4) is 0 Å². The highest BCUT2D eigenvalue weighted by molar-refractivity contribution is 7.30. The summed E-state index contributed by atoms with van der Waals surface area (Å²) in [4.78, 5) is 10.6. The van der Waals surface area contributed by atoms with Gasteiger partial charge in [0.2, 0.25) is 0 Å². The van der Waals surface area contributed by atoms with Crippen molar-refractivity contribution >= 4 is 30.2 Å². The van der Waals surface area contributed by atoms with Crippen LogP contribution in [-0.2, 0) is 10.8 Å². The highest BCUT2D eigenvalue weighted by Crippen LogP contribution is 2.43. The lowest BCUT2D eigenvalue weighted by Gasteiger charge is -2.21. The van der Waals surface area contributed by atoms with Crippen LogP contribution in [0, 0.1) is 0 Å². The van der Waals surface area contributed by atoms with Gasteiger partial charge in [-0.1, -0.05) is 41.5 Å². The van der Waals surface area contributed by atoms with Crippen LogP contribution < -0.4 is 9.47 Å². The molecular formula is C22H29O5P. The summed E-state index contributed by atoms with van der Waals surface area (Å²) in [6.07, 6.45) is 0. The van der Waals surface area contributed by atoms with Crippen LogP contribution in [0.15, 0.2) is 32.7 Å². The summed E-state index contributed by atoms with van der Waals surface area (Å²) in [7, 11) is 1.17.